The summed E-state index contributed by atoms with van der Waals surface area (Å²) in [6, 6.07) is 0. The molecule has 0 radical (unpaired) electrons. The van der Waals surface area contributed by atoms with Crippen molar-refractivity contribution in [2.24, 2.45) is 0 Å². The van der Waals surface area contributed by atoms with Gasteiger partial charge >= 0.3 is 0 Å². The maximum atomic E-state index is 5.93. The van der Waals surface area contributed by atoms with Crippen LogP contribution < -0.4 is 0 Å². The predicted molar refractivity (Wildman–Crippen MR) is 85.7 cm³/mol. The van der Waals surface area contributed by atoms with Gasteiger partial charge in [-0.1, -0.05) is 0 Å². The quantitative estimate of drug-likeness (QED) is 0.591. The highest BCUT2D eigenvalue weighted by atomic mass is 35.5. The standard InChI is InChI=1S/C15H25ClN2OS/c1-12-9-18(11-15(2,3)19-12)7-5-4-6-14-17-13(8-16)10-20-14/h10,12H,4-9,11H2,1-3H3. The van der Waals surface area contributed by atoms with Crippen molar-refractivity contribution in [1.82, 2.24) is 9.88 Å². The lowest BCUT2D eigenvalue weighted by Crippen LogP contribution is -2.51. The average molecular weight is 317 g/mol. The molecule has 0 saturated carbocycles. The third kappa shape index (κ3) is 4.99. The minimum Gasteiger partial charge on any atom is -0.370 e. The first-order valence-corrected chi connectivity index (χ1v) is 8.79. The molecule has 1 atom stereocenters. The molecule has 0 spiro atoms. The Labute approximate surface area is 131 Å². The van der Waals surface area contributed by atoms with E-state index in [0.29, 0.717) is 12.0 Å². The molecule has 5 heteroatoms. The van der Waals surface area contributed by atoms with Crippen molar-refractivity contribution in [2.45, 2.75) is 57.6 Å². The number of unbranched alkanes of at least 4 members (excludes halogenated alkanes) is 1. The summed E-state index contributed by atoms with van der Waals surface area (Å²) in [4.78, 5) is 7.03. The molecule has 1 saturated heterocycles. The van der Waals surface area contributed by atoms with Crippen molar-refractivity contribution in [3.63, 3.8) is 0 Å². The van der Waals surface area contributed by atoms with Crippen LogP contribution in [0.15, 0.2) is 5.38 Å². The van der Waals surface area contributed by atoms with Gasteiger partial charge in [0.1, 0.15) is 0 Å². The minimum atomic E-state index is -0.0117. The fraction of sp³-hybridized carbons (Fsp3) is 0.800. The average Bonchev–Trinajstić information content (AvgIpc) is 2.80. The fourth-order valence-electron chi connectivity index (χ4n) is 2.89. The first kappa shape index (κ1) is 16.2. The van der Waals surface area contributed by atoms with E-state index in [2.05, 4.69) is 36.0 Å². The lowest BCUT2D eigenvalue weighted by Gasteiger charge is -2.41. The Morgan fingerprint density at radius 2 is 2.30 bits per heavy atom. The highest BCUT2D eigenvalue weighted by molar-refractivity contribution is 7.09. The molecule has 114 valence electrons. The van der Waals surface area contributed by atoms with E-state index < -0.39 is 0 Å². The zero-order chi connectivity index (χ0) is 14.6. The molecule has 1 aromatic heterocycles. The van der Waals surface area contributed by atoms with Gasteiger partial charge < -0.3 is 4.74 Å². The van der Waals surface area contributed by atoms with Crippen molar-refractivity contribution in [1.29, 1.82) is 0 Å². The zero-order valence-corrected chi connectivity index (χ0v) is 14.3. The van der Waals surface area contributed by atoms with Crippen LogP contribution in [0.5, 0.6) is 0 Å². The third-order valence-corrected chi connectivity index (χ3v) is 4.72. The molecule has 0 bridgehead atoms. The van der Waals surface area contributed by atoms with Gasteiger partial charge in [-0.15, -0.1) is 22.9 Å². The van der Waals surface area contributed by atoms with Gasteiger partial charge in [-0.25, -0.2) is 4.98 Å². The van der Waals surface area contributed by atoms with E-state index >= 15 is 0 Å². The maximum absolute atomic E-state index is 5.93. The summed E-state index contributed by atoms with van der Waals surface area (Å²) >= 11 is 7.50. The molecule has 3 nitrogen and oxygen atoms in total. The summed E-state index contributed by atoms with van der Waals surface area (Å²) in [7, 11) is 0. The number of aryl methyl sites for hydroxylation is 1. The van der Waals surface area contributed by atoms with Gasteiger partial charge in [-0.2, -0.15) is 0 Å². The number of nitrogens with zero attached hydrogens (tertiary/aromatic N) is 2. The second-order valence-electron chi connectivity index (χ2n) is 6.25. The van der Waals surface area contributed by atoms with Crippen LogP contribution in [-0.4, -0.2) is 41.2 Å². The van der Waals surface area contributed by atoms with E-state index in [0.717, 1.165) is 31.7 Å². The number of ether oxygens (including phenoxy) is 1. The van der Waals surface area contributed by atoms with Gasteiger partial charge in [0, 0.05) is 18.5 Å². The summed E-state index contributed by atoms with van der Waals surface area (Å²) in [6.45, 7) is 9.77. The molecule has 1 aliphatic heterocycles. The van der Waals surface area contributed by atoms with Gasteiger partial charge in [0.2, 0.25) is 0 Å². The number of hydrogen-bond acceptors (Lipinski definition) is 4. The molecule has 1 unspecified atom stereocenters. The lowest BCUT2D eigenvalue weighted by atomic mass is 10.1. The van der Waals surface area contributed by atoms with Crippen LogP contribution in [0, 0.1) is 0 Å². The molecule has 0 amide bonds. The number of rotatable bonds is 6. The summed E-state index contributed by atoms with van der Waals surface area (Å²) in [6.07, 6.45) is 3.83. The summed E-state index contributed by atoms with van der Waals surface area (Å²) in [5, 5.41) is 3.28. The smallest absolute Gasteiger partial charge is 0.0928 e. The van der Waals surface area contributed by atoms with Crippen LogP contribution in [0.25, 0.3) is 0 Å². The normalized spacial score (nSPS) is 23.1. The van der Waals surface area contributed by atoms with E-state index in [4.69, 9.17) is 16.3 Å². The Balaban J connectivity index is 1.68. The molecule has 0 N–H and O–H groups in total. The van der Waals surface area contributed by atoms with Crippen LogP contribution >= 0.6 is 22.9 Å². The van der Waals surface area contributed by atoms with Gasteiger partial charge in [0.05, 0.1) is 28.3 Å². The largest absolute Gasteiger partial charge is 0.370 e. The second-order valence-corrected chi connectivity index (χ2v) is 7.46. The van der Waals surface area contributed by atoms with Gasteiger partial charge in [-0.05, 0) is 46.6 Å². The van der Waals surface area contributed by atoms with Crippen molar-refractivity contribution < 1.29 is 4.74 Å². The monoisotopic (exact) mass is 316 g/mol. The third-order valence-electron chi connectivity index (χ3n) is 3.49. The fourth-order valence-corrected chi connectivity index (χ4v) is 3.96. The zero-order valence-electron chi connectivity index (χ0n) is 12.7. The van der Waals surface area contributed by atoms with Crippen molar-refractivity contribution in [3.05, 3.63) is 16.1 Å². The molecule has 20 heavy (non-hydrogen) atoms. The topological polar surface area (TPSA) is 25.4 Å². The van der Waals surface area contributed by atoms with Crippen LogP contribution in [0.3, 0.4) is 0 Å². The highest BCUT2D eigenvalue weighted by Crippen LogP contribution is 2.21. The number of hydrogen-bond donors (Lipinski definition) is 0. The molecule has 1 aromatic rings. The molecule has 1 aliphatic rings. The highest BCUT2D eigenvalue weighted by Gasteiger charge is 2.30. The van der Waals surface area contributed by atoms with E-state index in [1.165, 1.54) is 17.8 Å². The van der Waals surface area contributed by atoms with Crippen molar-refractivity contribution >= 4 is 22.9 Å². The number of thiazole rings is 1. The minimum absolute atomic E-state index is 0.0117. The Morgan fingerprint density at radius 1 is 1.50 bits per heavy atom. The summed E-state index contributed by atoms with van der Waals surface area (Å²) in [5.41, 5.74) is 0.998. The Hall–Kier alpha value is -0.160. The number of alkyl halides is 1. The molecule has 2 rings (SSSR count). The van der Waals surface area contributed by atoms with E-state index in [1.54, 1.807) is 11.3 Å². The Bertz CT molecular complexity index is 422. The van der Waals surface area contributed by atoms with E-state index in [-0.39, 0.29) is 5.60 Å². The Kier molecular flexibility index (Phi) is 5.84. The van der Waals surface area contributed by atoms with Crippen LogP contribution in [-0.2, 0) is 17.0 Å². The number of aromatic nitrogens is 1. The molecular formula is C15H25ClN2OS. The molecule has 2 heterocycles. The number of halogens is 1. The SMILES string of the molecule is CC1CN(CCCCc2nc(CCl)cs2)CC(C)(C)O1. The first-order chi connectivity index (χ1) is 9.48. The van der Waals surface area contributed by atoms with Crippen LogP contribution in [0.1, 0.15) is 44.3 Å². The van der Waals surface area contributed by atoms with Crippen LogP contribution in [0.4, 0.5) is 0 Å². The molecular weight excluding hydrogens is 292 g/mol. The first-order valence-electron chi connectivity index (χ1n) is 7.38. The van der Waals surface area contributed by atoms with Crippen molar-refractivity contribution in [3.8, 4) is 0 Å². The van der Waals surface area contributed by atoms with Gasteiger partial charge in [0.15, 0.2) is 0 Å². The Morgan fingerprint density at radius 3 is 2.95 bits per heavy atom. The summed E-state index contributed by atoms with van der Waals surface area (Å²) in [5.74, 6) is 0.525. The van der Waals surface area contributed by atoms with Gasteiger partial charge in [-0.3, -0.25) is 4.90 Å². The molecule has 1 fully saturated rings. The lowest BCUT2D eigenvalue weighted by molar-refractivity contribution is -0.128. The predicted octanol–water partition coefficient (Wildman–Crippen LogP) is 3.70. The molecule has 0 aliphatic carbocycles. The van der Waals surface area contributed by atoms with E-state index in [1.807, 2.05) is 0 Å². The van der Waals surface area contributed by atoms with Crippen LogP contribution in [0.2, 0.25) is 0 Å². The van der Waals surface area contributed by atoms with E-state index in [9.17, 15) is 0 Å². The summed E-state index contributed by atoms with van der Waals surface area (Å²) < 4.78 is 5.93. The number of morpholine rings is 1. The second kappa shape index (κ2) is 7.21. The van der Waals surface area contributed by atoms with Crippen molar-refractivity contribution in [2.75, 3.05) is 19.6 Å². The van der Waals surface area contributed by atoms with Gasteiger partial charge in [0.25, 0.3) is 0 Å². The maximum Gasteiger partial charge on any atom is 0.0928 e. The molecule has 0 aromatic carbocycles.